The van der Waals surface area contributed by atoms with Gasteiger partial charge in [-0.1, -0.05) is 0 Å². The Balaban J connectivity index is 2.02. The van der Waals surface area contributed by atoms with Gasteiger partial charge in [0, 0.05) is 35.7 Å². The average Bonchev–Trinajstić information content (AvgIpc) is 2.71. The maximum Gasteiger partial charge on any atom is 0.321 e. The van der Waals surface area contributed by atoms with Gasteiger partial charge in [0.05, 0.1) is 5.51 Å². The quantitative estimate of drug-likeness (QED) is 0.864. The van der Waals surface area contributed by atoms with Crippen molar-refractivity contribution in [2.45, 2.75) is 12.6 Å². The summed E-state index contributed by atoms with van der Waals surface area (Å²) in [6, 6.07) is -0.342. The summed E-state index contributed by atoms with van der Waals surface area (Å²) in [6.07, 6.45) is 1.81. The van der Waals surface area contributed by atoms with Crippen molar-refractivity contribution in [3.63, 3.8) is 0 Å². The number of aromatic nitrogens is 1. The van der Waals surface area contributed by atoms with Crippen LogP contribution in [-0.2, 0) is 11.3 Å². The second-order valence-corrected chi connectivity index (χ2v) is 5.49. The van der Waals surface area contributed by atoms with E-state index in [2.05, 4.69) is 4.98 Å². The minimum Gasteiger partial charge on any atom is -0.480 e. The Morgan fingerprint density at radius 2 is 2.60 bits per heavy atom. The van der Waals surface area contributed by atoms with Gasteiger partial charge < -0.3 is 5.11 Å². The normalized spacial score (nSPS) is 22.8. The van der Waals surface area contributed by atoms with Gasteiger partial charge in [-0.15, -0.1) is 11.3 Å². The van der Waals surface area contributed by atoms with Crippen molar-refractivity contribution in [3.05, 3.63) is 16.6 Å². The van der Waals surface area contributed by atoms with E-state index in [9.17, 15) is 4.79 Å². The van der Waals surface area contributed by atoms with Gasteiger partial charge in [0.25, 0.3) is 0 Å². The molecule has 0 saturated carbocycles. The van der Waals surface area contributed by atoms with Gasteiger partial charge in [-0.3, -0.25) is 14.7 Å². The molecule has 6 heteroatoms. The Morgan fingerprint density at radius 3 is 3.27 bits per heavy atom. The van der Waals surface area contributed by atoms with E-state index < -0.39 is 5.97 Å². The number of carbonyl (C=O) groups is 1. The highest BCUT2D eigenvalue weighted by Gasteiger charge is 2.28. The molecule has 1 unspecified atom stereocenters. The number of rotatable bonds is 3. The third-order valence-corrected chi connectivity index (χ3v) is 4.15. The molecular formula is C9H12N2O2S2. The van der Waals surface area contributed by atoms with Crippen LogP contribution in [0.5, 0.6) is 0 Å². The predicted molar refractivity (Wildman–Crippen MR) is 61.3 cm³/mol. The van der Waals surface area contributed by atoms with Crippen molar-refractivity contribution in [1.82, 2.24) is 9.88 Å². The number of hydrogen-bond acceptors (Lipinski definition) is 5. The molecule has 1 saturated heterocycles. The van der Waals surface area contributed by atoms with E-state index in [1.807, 2.05) is 11.1 Å². The van der Waals surface area contributed by atoms with Crippen LogP contribution in [0.25, 0.3) is 0 Å². The molecule has 1 fully saturated rings. The van der Waals surface area contributed by atoms with E-state index in [-0.39, 0.29) is 6.04 Å². The summed E-state index contributed by atoms with van der Waals surface area (Å²) in [6.45, 7) is 1.56. The maximum atomic E-state index is 11.0. The van der Waals surface area contributed by atoms with Gasteiger partial charge in [-0.2, -0.15) is 11.8 Å². The molecule has 1 N–H and O–H groups in total. The molecule has 0 aliphatic carbocycles. The second-order valence-electron chi connectivity index (χ2n) is 3.37. The lowest BCUT2D eigenvalue weighted by molar-refractivity contribution is -0.142. The van der Waals surface area contributed by atoms with E-state index in [1.54, 1.807) is 28.6 Å². The summed E-state index contributed by atoms with van der Waals surface area (Å²) < 4.78 is 0. The van der Waals surface area contributed by atoms with Gasteiger partial charge in [0.1, 0.15) is 6.04 Å². The van der Waals surface area contributed by atoms with Crippen LogP contribution in [-0.4, -0.2) is 45.1 Å². The molecule has 0 radical (unpaired) electrons. The van der Waals surface area contributed by atoms with E-state index >= 15 is 0 Å². The van der Waals surface area contributed by atoms with Crippen LogP contribution < -0.4 is 0 Å². The standard InChI is InChI=1S/C9H12N2O2S2/c12-9(13)8-5-14-2-1-11(8)4-7-3-10-6-15-7/h3,6,8H,1-2,4-5H2,(H,12,13). The second kappa shape index (κ2) is 4.96. The zero-order chi connectivity index (χ0) is 10.7. The molecule has 0 aromatic carbocycles. The average molecular weight is 244 g/mol. The molecule has 82 valence electrons. The van der Waals surface area contributed by atoms with Crippen LogP contribution in [0.3, 0.4) is 0 Å². The first-order valence-corrected chi connectivity index (χ1v) is 6.73. The topological polar surface area (TPSA) is 53.4 Å². The number of carboxylic acid groups (broad SMARTS) is 1. The first-order valence-electron chi connectivity index (χ1n) is 4.69. The zero-order valence-corrected chi connectivity index (χ0v) is 9.76. The fraction of sp³-hybridized carbons (Fsp3) is 0.556. The summed E-state index contributed by atoms with van der Waals surface area (Å²) >= 11 is 3.29. The highest BCUT2D eigenvalue weighted by Crippen LogP contribution is 2.20. The number of thioether (sulfide) groups is 1. The summed E-state index contributed by atoms with van der Waals surface area (Å²) in [5.74, 6) is 0.989. The Morgan fingerprint density at radius 1 is 1.73 bits per heavy atom. The number of aliphatic carboxylic acids is 1. The largest absolute Gasteiger partial charge is 0.480 e. The highest BCUT2D eigenvalue weighted by molar-refractivity contribution is 7.99. The number of thiazole rings is 1. The number of carboxylic acids is 1. The van der Waals surface area contributed by atoms with E-state index in [0.29, 0.717) is 12.3 Å². The molecule has 0 spiro atoms. The minimum atomic E-state index is -0.716. The molecule has 2 rings (SSSR count). The predicted octanol–water partition coefficient (Wildman–Crippen LogP) is 1.15. The minimum absolute atomic E-state index is 0.342. The van der Waals surface area contributed by atoms with Gasteiger partial charge in [-0.25, -0.2) is 0 Å². The fourth-order valence-electron chi connectivity index (χ4n) is 1.58. The van der Waals surface area contributed by atoms with Crippen molar-refractivity contribution in [1.29, 1.82) is 0 Å². The summed E-state index contributed by atoms with van der Waals surface area (Å²) in [7, 11) is 0. The third kappa shape index (κ3) is 2.70. The molecule has 4 nitrogen and oxygen atoms in total. The van der Waals surface area contributed by atoms with Crippen LogP contribution in [0, 0.1) is 0 Å². The van der Waals surface area contributed by atoms with E-state index in [1.165, 1.54) is 0 Å². The molecule has 1 aromatic rings. The zero-order valence-electron chi connectivity index (χ0n) is 8.13. The first-order chi connectivity index (χ1) is 7.27. The van der Waals surface area contributed by atoms with Gasteiger partial charge in [-0.05, 0) is 0 Å². The van der Waals surface area contributed by atoms with Crippen molar-refractivity contribution in [2.24, 2.45) is 0 Å². The number of nitrogens with zero attached hydrogens (tertiary/aromatic N) is 2. The molecular weight excluding hydrogens is 232 g/mol. The van der Waals surface area contributed by atoms with Crippen LogP contribution in [0.1, 0.15) is 4.88 Å². The summed E-state index contributed by atoms with van der Waals surface area (Å²) in [5.41, 5.74) is 1.78. The van der Waals surface area contributed by atoms with Crippen LogP contribution in [0.2, 0.25) is 0 Å². The SMILES string of the molecule is O=C(O)C1CSCCN1Cc1cncs1. The summed E-state index contributed by atoms with van der Waals surface area (Å²) in [5, 5.41) is 9.07. The molecule has 1 aliphatic heterocycles. The molecule has 15 heavy (non-hydrogen) atoms. The Hall–Kier alpha value is -0.590. The Labute approximate surface area is 96.3 Å². The molecule has 1 aromatic heterocycles. The monoisotopic (exact) mass is 244 g/mol. The lowest BCUT2D eigenvalue weighted by atomic mass is 10.2. The molecule has 1 atom stereocenters. The Kier molecular flexibility index (Phi) is 3.61. The van der Waals surface area contributed by atoms with E-state index in [4.69, 9.17) is 5.11 Å². The third-order valence-electron chi connectivity index (χ3n) is 2.37. The van der Waals surface area contributed by atoms with Gasteiger partial charge in [0.15, 0.2) is 0 Å². The van der Waals surface area contributed by atoms with Crippen LogP contribution in [0.15, 0.2) is 11.7 Å². The van der Waals surface area contributed by atoms with E-state index in [0.717, 1.165) is 17.2 Å². The van der Waals surface area contributed by atoms with Crippen molar-refractivity contribution < 1.29 is 9.90 Å². The molecule has 1 aliphatic rings. The molecule has 2 heterocycles. The van der Waals surface area contributed by atoms with Gasteiger partial charge in [0.2, 0.25) is 0 Å². The summed E-state index contributed by atoms with van der Waals surface area (Å²) in [4.78, 5) is 18.2. The first kappa shape index (κ1) is 10.9. The maximum absolute atomic E-state index is 11.0. The molecule has 0 bridgehead atoms. The van der Waals surface area contributed by atoms with Crippen molar-refractivity contribution in [3.8, 4) is 0 Å². The smallest absolute Gasteiger partial charge is 0.321 e. The van der Waals surface area contributed by atoms with Crippen molar-refractivity contribution >= 4 is 29.1 Å². The lowest BCUT2D eigenvalue weighted by Crippen LogP contribution is -2.46. The van der Waals surface area contributed by atoms with Crippen molar-refractivity contribution in [2.75, 3.05) is 18.1 Å². The highest BCUT2D eigenvalue weighted by atomic mass is 32.2. The van der Waals surface area contributed by atoms with Crippen LogP contribution in [0.4, 0.5) is 0 Å². The van der Waals surface area contributed by atoms with Gasteiger partial charge >= 0.3 is 5.97 Å². The lowest BCUT2D eigenvalue weighted by Gasteiger charge is -2.31. The molecule has 0 amide bonds. The van der Waals surface area contributed by atoms with Crippen LogP contribution >= 0.6 is 23.1 Å². The Bertz CT molecular complexity index is 329. The number of hydrogen-bond donors (Lipinski definition) is 1. The fourth-order valence-corrected chi connectivity index (χ4v) is 3.30.